The Morgan fingerprint density at radius 1 is 1.10 bits per heavy atom. The predicted octanol–water partition coefficient (Wildman–Crippen LogP) is 3.62. The molecule has 100 valence electrons. The van der Waals surface area contributed by atoms with Gasteiger partial charge in [0.05, 0.1) is 11.8 Å². The van der Waals surface area contributed by atoms with Crippen molar-refractivity contribution in [3.8, 4) is 17.3 Å². The van der Waals surface area contributed by atoms with E-state index in [1.54, 1.807) is 6.20 Å². The first-order valence-corrected chi connectivity index (χ1v) is 6.89. The van der Waals surface area contributed by atoms with Crippen LogP contribution in [0.4, 0.5) is 0 Å². The van der Waals surface area contributed by atoms with E-state index < -0.39 is 5.41 Å². The lowest BCUT2D eigenvalue weighted by Crippen LogP contribution is -2.09. The molecule has 3 nitrogen and oxygen atoms in total. The van der Waals surface area contributed by atoms with Crippen molar-refractivity contribution in [1.82, 2.24) is 9.97 Å². The predicted molar refractivity (Wildman–Crippen MR) is 78.2 cm³/mol. The zero-order valence-electron chi connectivity index (χ0n) is 12.1. The van der Waals surface area contributed by atoms with Gasteiger partial charge in [-0.1, -0.05) is 6.07 Å². The van der Waals surface area contributed by atoms with E-state index in [2.05, 4.69) is 48.9 Å². The van der Waals surface area contributed by atoms with Crippen LogP contribution < -0.4 is 0 Å². The number of aromatic nitrogens is 2. The molecule has 20 heavy (non-hydrogen) atoms. The molecule has 3 rings (SSSR count). The van der Waals surface area contributed by atoms with Gasteiger partial charge in [0.25, 0.3) is 0 Å². The third kappa shape index (κ3) is 1.98. The molecule has 0 bridgehead atoms. The van der Waals surface area contributed by atoms with Gasteiger partial charge in [0.1, 0.15) is 11.2 Å². The second-order valence-electron chi connectivity index (χ2n) is 5.71. The highest BCUT2D eigenvalue weighted by Crippen LogP contribution is 2.46. The first-order valence-electron chi connectivity index (χ1n) is 6.89. The summed E-state index contributed by atoms with van der Waals surface area (Å²) in [6.07, 6.45) is 3.52. The van der Waals surface area contributed by atoms with Crippen LogP contribution >= 0.6 is 0 Å². The molecule has 1 aromatic heterocycles. The third-order valence-corrected chi connectivity index (χ3v) is 4.16. The molecule has 0 spiro atoms. The summed E-state index contributed by atoms with van der Waals surface area (Å²) >= 11 is 0. The molecule has 1 heterocycles. The summed E-state index contributed by atoms with van der Waals surface area (Å²) in [4.78, 5) is 8.95. The Hall–Kier alpha value is -2.21. The summed E-state index contributed by atoms with van der Waals surface area (Å²) in [6, 6.07) is 8.64. The molecule has 0 aliphatic heterocycles. The summed E-state index contributed by atoms with van der Waals surface area (Å²) in [6.45, 7) is 6.32. The van der Waals surface area contributed by atoms with Crippen LogP contribution in [-0.4, -0.2) is 9.97 Å². The van der Waals surface area contributed by atoms with Crippen LogP contribution in [0.5, 0.6) is 0 Å². The van der Waals surface area contributed by atoms with Crippen molar-refractivity contribution >= 4 is 0 Å². The van der Waals surface area contributed by atoms with Crippen molar-refractivity contribution in [1.29, 1.82) is 5.26 Å². The molecule has 1 aliphatic carbocycles. The van der Waals surface area contributed by atoms with Crippen LogP contribution in [0.3, 0.4) is 0 Å². The molecule has 1 aromatic carbocycles. The van der Waals surface area contributed by atoms with Gasteiger partial charge in [0.2, 0.25) is 0 Å². The van der Waals surface area contributed by atoms with Gasteiger partial charge in [0.15, 0.2) is 0 Å². The van der Waals surface area contributed by atoms with Crippen LogP contribution in [0.1, 0.15) is 35.4 Å². The maximum absolute atomic E-state index is 9.28. The van der Waals surface area contributed by atoms with Crippen LogP contribution in [-0.2, 0) is 5.41 Å². The summed E-state index contributed by atoms with van der Waals surface area (Å²) in [7, 11) is 0. The van der Waals surface area contributed by atoms with E-state index in [9.17, 15) is 5.26 Å². The van der Waals surface area contributed by atoms with Gasteiger partial charge >= 0.3 is 0 Å². The number of hydrogen-bond acceptors (Lipinski definition) is 3. The highest BCUT2D eigenvalue weighted by Gasteiger charge is 2.47. The summed E-state index contributed by atoms with van der Waals surface area (Å²) in [5.41, 5.74) is 5.37. The monoisotopic (exact) mass is 263 g/mol. The fourth-order valence-electron chi connectivity index (χ4n) is 2.49. The average Bonchev–Trinajstić information content (AvgIpc) is 3.24. The number of aryl methyl sites for hydroxylation is 3. The van der Waals surface area contributed by atoms with Gasteiger partial charge in [-0.2, -0.15) is 5.26 Å². The Balaban J connectivity index is 2.10. The fourth-order valence-corrected chi connectivity index (χ4v) is 2.49. The highest BCUT2D eigenvalue weighted by atomic mass is 14.9. The van der Waals surface area contributed by atoms with Crippen LogP contribution in [0.25, 0.3) is 11.3 Å². The maximum atomic E-state index is 9.28. The number of nitriles is 1. The minimum Gasteiger partial charge on any atom is -0.240 e. The third-order valence-electron chi connectivity index (χ3n) is 4.16. The summed E-state index contributed by atoms with van der Waals surface area (Å²) in [5.74, 6) is 0.676. The average molecular weight is 263 g/mol. The lowest BCUT2D eigenvalue weighted by atomic mass is 9.98. The molecule has 1 saturated carbocycles. The molecular formula is C17H17N3. The minimum absolute atomic E-state index is 0.427. The van der Waals surface area contributed by atoms with Crippen molar-refractivity contribution in [3.05, 3.63) is 46.9 Å². The number of hydrogen-bond donors (Lipinski definition) is 0. The molecule has 3 heteroatoms. The van der Waals surface area contributed by atoms with E-state index in [0.29, 0.717) is 5.82 Å². The number of rotatable bonds is 2. The van der Waals surface area contributed by atoms with Gasteiger partial charge in [-0.3, -0.25) is 0 Å². The molecule has 0 unspecified atom stereocenters. The Morgan fingerprint density at radius 3 is 2.45 bits per heavy atom. The van der Waals surface area contributed by atoms with E-state index in [0.717, 1.165) is 24.1 Å². The Kier molecular flexibility index (Phi) is 2.83. The van der Waals surface area contributed by atoms with Gasteiger partial charge < -0.3 is 0 Å². The van der Waals surface area contributed by atoms with Gasteiger partial charge in [0, 0.05) is 11.8 Å². The van der Waals surface area contributed by atoms with Crippen molar-refractivity contribution in [2.45, 2.75) is 39.0 Å². The van der Waals surface area contributed by atoms with E-state index in [1.165, 1.54) is 16.7 Å². The lowest BCUT2D eigenvalue weighted by Gasteiger charge is -2.11. The van der Waals surface area contributed by atoms with Crippen molar-refractivity contribution in [3.63, 3.8) is 0 Å². The second-order valence-corrected chi connectivity index (χ2v) is 5.71. The minimum atomic E-state index is -0.427. The van der Waals surface area contributed by atoms with Crippen molar-refractivity contribution in [2.75, 3.05) is 0 Å². The standard InChI is InChI=1S/C17H17N3/c1-11-8-13(3)14(9-12(11)2)15-4-7-19-16(20-15)17(10-18)5-6-17/h4,7-9H,5-6H2,1-3H3. The number of nitrogens with zero attached hydrogens (tertiary/aromatic N) is 3. The molecule has 0 saturated heterocycles. The van der Waals surface area contributed by atoms with Crippen LogP contribution in [0.15, 0.2) is 24.4 Å². The molecule has 0 amide bonds. The highest BCUT2D eigenvalue weighted by molar-refractivity contribution is 5.65. The molecule has 1 fully saturated rings. The second kappa shape index (κ2) is 4.42. The zero-order chi connectivity index (χ0) is 14.3. The summed E-state index contributed by atoms with van der Waals surface area (Å²) in [5, 5.41) is 9.28. The van der Waals surface area contributed by atoms with Gasteiger partial charge in [-0.15, -0.1) is 0 Å². The quantitative estimate of drug-likeness (QED) is 0.831. The zero-order valence-corrected chi connectivity index (χ0v) is 12.1. The Morgan fingerprint density at radius 2 is 1.80 bits per heavy atom. The molecule has 2 aromatic rings. The summed E-state index contributed by atoms with van der Waals surface area (Å²) < 4.78 is 0. The van der Waals surface area contributed by atoms with E-state index in [-0.39, 0.29) is 0 Å². The Bertz CT molecular complexity index is 722. The lowest BCUT2D eigenvalue weighted by molar-refractivity contribution is 0.798. The smallest absolute Gasteiger partial charge is 0.149 e. The van der Waals surface area contributed by atoms with Gasteiger partial charge in [-0.05, 0) is 62.4 Å². The largest absolute Gasteiger partial charge is 0.240 e. The molecule has 0 N–H and O–H groups in total. The first-order chi connectivity index (χ1) is 9.55. The number of benzene rings is 1. The SMILES string of the molecule is Cc1cc(C)c(-c2ccnc(C3(C#N)CC3)n2)cc1C. The maximum Gasteiger partial charge on any atom is 0.149 e. The molecule has 1 aliphatic rings. The topological polar surface area (TPSA) is 49.6 Å². The van der Waals surface area contributed by atoms with E-state index >= 15 is 0 Å². The van der Waals surface area contributed by atoms with Gasteiger partial charge in [-0.25, -0.2) is 9.97 Å². The van der Waals surface area contributed by atoms with Crippen LogP contribution in [0.2, 0.25) is 0 Å². The van der Waals surface area contributed by atoms with Crippen molar-refractivity contribution < 1.29 is 0 Å². The normalized spacial score (nSPS) is 15.7. The van der Waals surface area contributed by atoms with E-state index in [4.69, 9.17) is 0 Å². The van der Waals surface area contributed by atoms with Crippen LogP contribution in [0, 0.1) is 32.1 Å². The van der Waals surface area contributed by atoms with Crippen molar-refractivity contribution in [2.24, 2.45) is 0 Å². The Labute approximate surface area is 119 Å². The first kappa shape index (κ1) is 12.8. The molecular weight excluding hydrogens is 246 g/mol. The molecule has 0 atom stereocenters. The fraction of sp³-hybridized carbons (Fsp3) is 0.353. The molecule has 0 radical (unpaired) electrons. The van der Waals surface area contributed by atoms with E-state index in [1.807, 2.05) is 6.07 Å².